The smallest absolute Gasteiger partial charge is 0.251 e. The molecule has 1 N–H and O–H groups in total. The first-order valence-corrected chi connectivity index (χ1v) is 8.21. The third-order valence-corrected chi connectivity index (χ3v) is 3.87. The Labute approximate surface area is 143 Å². The lowest BCUT2D eigenvalue weighted by Crippen LogP contribution is -2.39. The summed E-state index contributed by atoms with van der Waals surface area (Å²) in [6, 6.07) is 13.9. The van der Waals surface area contributed by atoms with Gasteiger partial charge in [-0.05, 0) is 32.5 Å². The van der Waals surface area contributed by atoms with E-state index in [1.807, 2.05) is 25.1 Å². The van der Waals surface area contributed by atoms with Crippen LogP contribution in [0.25, 0.3) is 0 Å². The Bertz CT molecular complexity index is 646. The van der Waals surface area contributed by atoms with Crippen LogP contribution in [0.2, 0.25) is 0 Å². The SMILES string of the molecule is CCOc1cc(C(=O)NCC(C)N(C)Cc2ccccc2)ccn1. The molecule has 2 rings (SSSR count). The summed E-state index contributed by atoms with van der Waals surface area (Å²) in [4.78, 5) is 18.6. The number of pyridine rings is 1. The van der Waals surface area contributed by atoms with Gasteiger partial charge in [-0.25, -0.2) is 4.98 Å². The van der Waals surface area contributed by atoms with Gasteiger partial charge in [0, 0.05) is 37.0 Å². The van der Waals surface area contributed by atoms with E-state index in [-0.39, 0.29) is 11.9 Å². The predicted octanol–water partition coefficient (Wildman–Crippen LogP) is 2.73. The highest BCUT2D eigenvalue weighted by molar-refractivity contribution is 5.94. The van der Waals surface area contributed by atoms with Gasteiger partial charge in [-0.2, -0.15) is 0 Å². The van der Waals surface area contributed by atoms with Crippen molar-refractivity contribution in [3.63, 3.8) is 0 Å². The second-order valence-electron chi connectivity index (χ2n) is 5.78. The summed E-state index contributed by atoms with van der Waals surface area (Å²) in [5.41, 5.74) is 1.82. The fourth-order valence-electron chi connectivity index (χ4n) is 2.30. The third kappa shape index (κ3) is 5.35. The number of amides is 1. The summed E-state index contributed by atoms with van der Waals surface area (Å²) >= 11 is 0. The zero-order valence-corrected chi connectivity index (χ0v) is 14.5. The summed E-state index contributed by atoms with van der Waals surface area (Å²) in [5.74, 6) is 0.359. The van der Waals surface area contributed by atoms with Crippen molar-refractivity contribution in [2.24, 2.45) is 0 Å². The first-order chi connectivity index (χ1) is 11.6. The van der Waals surface area contributed by atoms with E-state index >= 15 is 0 Å². The number of rotatable bonds is 8. The molecule has 1 atom stereocenters. The van der Waals surface area contributed by atoms with Crippen LogP contribution in [0.3, 0.4) is 0 Å². The zero-order chi connectivity index (χ0) is 17.4. The molecule has 24 heavy (non-hydrogen) atoms. The third-order valence-electron chi connectivity index (χ3n) is 3.87. The quantitative estimate of drug-likeness (QED) is 0.810. The summed E-state index contributed by atoms with van der Waals surface area (Å²) in [6.45, 7) is 5.94. The number of ether oxygens (including phenoxy) is 1. The lowest BCUT2D eigenvalue weighted by Gasteiger charge is -2.25. The van der Waals surface area contributed by atoms with Crippen molar-refractivity contribution in [1.82, 2.24) is 15.2 Å². The predicted molar refractivity (Wildman–Crippen MR) is 95.1 cm³/mol. The van der Waals surface area contributed by atoms with Crippen LogP contribution < -0.4 is 10.1 Å². The first-order valence-electron chi connectivity index (χ1n) is 8.21. The van der Waals surface area contributed by atoms with Crippen LogP contribution in [-0.4, -0.2) is 42.0 Å². The molecule has 0 spiro atoms. The zero-order valence-electron chi connectivity index (χ0n) is 14.5. The van der Waals surface area contributed by atoms with E-state index in [0.29, 0.717) is 24.6 Å². The van der Waals surface area contributed by atoms with Crippen LogP contribution in [0.15, 0.2) is 48.7 Å². The highest BCUT2D eigenvalue weighted by Gasteiger charge is 2.13. The Morgan fingerprint density at radius 2 is 2.04 bits per heavy atom. The molecule has 0 aliphatic heterocycles. The molecule has 1 aromatic heterocycles. The highest BCUT2D eigenvalue weighted by Crippen LogP contribution is 2.10. The highest BCUT2D eigenvalue weighted by atomic mass is 16.5. The monoisotopic (exact) mass is 327 g/mol. The van der Waals surface area contributed by atoms with Crippen molar-refractivity contribution < 1.29 is 9.53 Å². The molecule has 1 aromatic carbocycles. The van der Waals surface area contributed by atoms with Crippen molar-refractivity contribution in [3.05, 3.63) is 59.8 Å². The fourth-order valence-corrected chi connectivity index (χ4v) is 2.30. The Hall–Kier alpha value is -2.40. The molecule has 0 saturated carbocycles. The van der Waals surface area contributed by atoms with Gasteiger partial charge in [0.25, 0.3) is 5.91 Å². The van der Waals surface area contributed by atoms with Crippen molar-refractivity contribution in [2.45, 2.75) is 26.4 Å². The topological polar surface area (TPSA) is 54.5 Å². The van der Waals surface area contributed by atoms with E-state index in [4.69, 9.17) is 4.74 Å². The van der Waals surface area contributed by atoms with Gasteiger partial charge < -0.3 is 10.1 Å². The molecule has 5 nitrogen and oxygen atoms in total. The standard InChI is InChI=1S/C19H25N3O2/c1-4-24-18-12-17(10-11-20-18)19(23)21-13-15(2)22(3)14-16-8-6-5-7-9-16/h5-12,15H,4,13-14H2,1-3H3,(H,21,23). The van der Waals surface area contributed by atoms with Gasteiger partial charge in [0.1, 0.15) is 0 Å². The molecular weight excluding hydrogens is 302 g/mol. The average molecular weight is 327 g/mol. The minimum absolute atomic E-state index is 0.113. The molecule has 0 bridgehead atoms. The molecule has 128 valence electrons. The number of nitrogens with one attached hydrogen (secondary N) is 1. The van der Waals surface area contributed by atoms with Gasteiger partial charge >= 0.3 is 0 Å². The maximum atomic E-state index is 12.3. The first kappa shape index (κ1) is 17.9. The molecule has 0 aliphatic rings. The van der Waals surface area contributed by atoms with Crippen LogP contribution >= 0.6 is 0 Å². The lowest BCUT2D eigenvalue weighted by atomic mass is 10.2. The minimum Gasteiger partial charge on any atom is -0.478 e. The van der Waals surface area contributed by atoms with Crippen LogP contribution in [0.1, 0.15) is 29.8 Å². The number of hydrogen-bond donors (Lipinski definition) is 1. The van der Waals surface area contributed by atoms with Gasteiger partial charge in [-0.1, -0.05) is 30.3 Å². The van der Waals surface area contributed by atoms with Crippen molar-refractivity contribution in [1.29, 1.82) is 0 Å². The maximum absolute atomic E-state index is 12.3. The molecule has 2 aromatic rings. The molecule has 0 radical (unpaired) electrons. The lowest BCUT2D eigenvalue weighted by molar-refractivity contribution is 0.0939. The largest absolute Gasteiger partial charge is 0.478 e. The molecular formula is C19H25N3O2. The van der Waals surface area contributed by atoms with Crippen molar-refractivity contribution >= 4 is 5.91 Å². The van der Waals surface area contributed by atoms with E-state index in [1.54, 1.807) is 18.3 Å². The van der Waals surface area contributed by atoms with E-state index in [2.05, 4.69) is 41.3 Å². The fraction of sp³-hybridized carbons (Fsp3) is 0.368. The average Bonchev–Trinajstić information content (AvgIpc) is 2.60. The van der Waals surface area contributed by atoms with Crippen LogP contribution in [0.5, 0.6) is 5.88 Å². The van der Waals surface area contributed by atoms with Gasteiger partial charge in [0.15, 0.2) is 0 Å². The Morgan fingerprint density at radius 3 is 2.75 bits per heavy atom. The van der Waals surface area contributed by atoms with Gasteiger partial charge in [0.2, 0.25) is 5.88 Å². The Balaban J connectivity index is 1.85. The second-order valence-corrected chi connectivity index (χ2v) is 5.78. The maximum Gasteiger partial charge on any atom is 0.251 e. The van der Waals surface area contributed by atoms with Crippen LogP contribution in [0.4, 0.5) is 0 Å². The second kappa shape index (κ2) is 9.03. The Kier molecular flexibility index (Phi) is 6.75. The number of carbonyl (C=O) groups is 1. The van der Waals surface area contributed by atoms with E-state index in [1.165, 1.54) is 5.56 Å². The Morgan fingerprint density at radius 1 is 1.29 bits per heavy atom. The number of aromatic nitrogens is 1. The van der Waals surface area contributed by atoms with Gasteiger partial charge in [0.05, 0.1) is 6.61 Å². The van der Waals surface area contributed by atoms with Crippen LogP contribution in [-0.2, 0) is 6.54 Å². The molecule has 1 unspecified atom stereocenters. The molecule has 5 heteroatoms. The van der Waals surface area contributed by atoms with Crippen LogP contribution in [0, 0.1) is 0 Å². The van der Waals surface area contributed by atoms with Crippen molar-refractivity contribution in [2.75, 3.05) is 20.2 Å². The van der Waals surface area contributed by atoms with Gasteiger partial charge in [-0.3, -0.25) is 9.69 Å². The van der Waals surface area contributed by atoms with Crippen molar-refractivity contribution in [3.8, 4) is 5.88 Å². The van der Waals surface area contributed by atoms with E-state index in [0.717, 1.165) is 6.54 Å². The summed E-state index contributed by atoms with van der Waals surface area (Å²) in [7, 11) is 2.06. The normalized spacial score (nSPS) is 12.0. The molecule has 0 saturated heterocycles. The summed E-state index contributed by atoms with van der Waals surface area (Å²) in [6.07, 6.45) is 1.59. The number of nitrogens with zero attached hydrogens (tertiary/aromatic N) is 2. The molecule has 1 amide bonds. The van der Waals surface area contributed by atoms with E-state index in [9.17, 15) is 4.79 Å². The molecule has 1 heterocycles. The van der Waals surface area contributed by atoms with E-state index < -0.39 is 0 Å². The number of carbonyl (C=O) groups excluding carboxylic acids is 1. The number of benzene rings is 1. The number of likely N-dealkylation sites (N-methyl/N-ethyl adjacent to an activating group) is 1. The van der Waals surface area contributed by atoms with Gasteiger partial charge in [-0.15, -0.1) is 0 Å². The minimum atomic E-state index is -0.113. The number of hydrogen-bond acceptors (Lipinski definition) is 4. The molecule has 0 aliphatic carbocycles. The molecule has 0 fully saturated rings. The summed E-state index contributed by atoms with van der Waals surface area (Å²) in [5, 5.41) is 2.97. The summed E-state index contributed by atoms with van der Waals surface area (Å²) < 4.78 is 5.33.